The molecule has 9 nitrogen and oxygen atoms in total. The summed E-state index contributed by atoms with van der Waals surface area (Å²) >= 11 is 0. The molecule has 3 aliphatic heterocycles. The molecule has 1 amide bonds. The number of nitrogens with zero attached hydrogens (tertiary/aromatic N) is 3. The maximum Gasteiger partial charge on any atom is 0.225 e. The van der Waals surface area contributed by atoms with Gasteiger partial charge in [-0.3, -0.25) is 4.79 Å². The van der Waals surface area contributed by atoms with Crippen molar-refractivity contribution in [2.45, 2.75) is 30.4 Å². The Bertz CT molecular complexity index is 1220. The zero-order valence-electron chi connectivity index (χ0n) is 19.5. The van der Waals surface area contributed by atoms with Gasteiger partial charge in [-0.1, -0.05) is 0 Å². The van der Waals surface area contributed by atoms with Crippen LogP contribution in [0.15, 0.2) is 35.5 Å². The van der Waals surface area contributed by atoms with Gasteiger partial charge in [0.25, 0.3) is 0 Å². The number of pyridine rings is 1. The van der Waals surface area contributed by atoms with Crippen molar-refractivity contribution in [2.24, 2.45) is 5.92 Å². The standard InChI is InChI=1S/C24H28FN3O6S/c1-35(30,31)23-20(25)12-17(14-26-23)28-8-11-33-22-3-2-18(13-21(22)28)34-19-4-7-27(15-19)24(29)16-5-9-32-10-6-16/h2-3,12-14,16,19H,4-11,15H2,1H3/t19-/m0/s1. The van der Waals surface area contributed by atoms with Crippen LogP contribution in [-0.2, 0) is 19.4 Å². The van der Waals surface area contributed by atoms with E-state index in [1.165, 1.54) is 12.3 Å². The predicted molar refractivity (Wildman–Crippen MR) is 125 cm³/mol. The SMILES string of the molecule is CS(=O)(=O)c1ncc(N2CCOc3ccc(O[C@H]4CCN(C(=O)C5CCOCC5)C4)cc32)cc1F. The summed E-state index contributed by atoms with van der Waals surface area (Å²) in [5.41, 5.74) is 1.10. The van der Waals surface area contributed by atoms with Crippen LogP contribution in [0.25, 0.3) is 0 Å². The summed E-state index contributed by atoms with van der Waals surface area (Å²) in [5, 5.41) is -0.576. The highest BCUT2D eigenvalue weighted by molar-refractivity contribution is 7.90. The Morgan fingerprint density at radius 2 is 1.94 bits per heavy atom. The molecule has 35 heavy (non-hydrogen) atoms. The average molecular weight is 506 g/mol. The summed E-state index contributed by atoms with van der Waals surface area (Å²) in [7, 11) is -3.76. The topological polar surface area (TPSA) is 98.3 Å². The van der Waals surface area contributed by atoms with E-state index in [0.717, 1.165) is 25.5 Å². The Morgan fingerprint density at radius 1 is 1.14 bits per heavy atom. The maximum atomic E-state index is 14.5. The van der Waals surface area contributed by atoms with E-state index in [0.29, 0.717) is 62.3 Å². The number of fused-ring (bicyclic) bond motifs is 1. The lowest BCUT2D eigenvalue weighted by molar-refractivity contribution is -0.137. The van der Waals surface area contributed by atoms with Crippen LogP contribution in [-0.4, -0.2) is 76.0 Å². The van der Waals surface area contributed by atoms with Crippen LogP contribution in [0, 0.1) is 11.7 Å². The van der Waals surface area contributed by atoms with Crippen molar-refractivity contribution in [1.82, 2.24) is 9.88 Å². The molecule has 1 aromatic carbocycles. The molecule has 2 aromatic rings. The number of sulfone groups is 1. The molecule has 5 rings (SSSR count). The molecule has 0 saturated carbocycles. The molecule has 3 aliphatic rings. The molecule has 1 atom stereocenters. The number of amides is 1. The summed E-state index contributed by atoms with van der Waals surface area (Å²) < 4.78 is 55.3. The van der Waals surface area contributed by atoms with Crippen molar-refractivity contribution in [3.05, 3.63) is 36.3 Å². The van der Waals surface area contributed by atoms with E-state index in [4.69, 9.17) is 14.2 Å². The highest BCUT2D eigenvalue weighted by Gasteiger charge is 2.33. The van der Waals surface area contributed by atoms with Gasteiger partial charge in [-0.15, -0.1) is 0 Å². The lowest BCUT2D eigenvalue weighted by atomic mass is 9.99. The minimum atomic E-state index is -3.76. The molecule has 0 radical (unpaired) electrons. The van der Waals surface area contributed by atoms with Crippen molar-refractivity contribution in [1.29, 1.82) is 0 Å². The second-order valence-corrected chi connectivity index (χ2v) is 11.0. The number of carbonyl (C=O) groups is 1. The third-order valence-corrected chi connectivity index (χ3v) is 7.58. The number of carbonyl (C=O) groups excluding carboxylic acids is 1. The molecule has 0 unspecified atom stereocenters. The van der Waals surface area contributed by atoms with Gasteiger partial charge in [0.05, 0.1) is 30.7 Å². The normalized spacial score (nSPS) is 20.9. The van der Waals surface area contributed by atoms with Gasteiger partial charge in [0.2, 0.25) is 5.91 Å². The van der Waals surface area contributed by atoms with E-state index in [2.05, 4.69) is 4.98 Å². The number of anilines is 2. The second kappa shape index (κ2) is 9.62. The summed E-state index contributed by atoms with van der Waals surface area (Å²) in [6, 6.07) is 6.60. The Balaban J connectivity index is 1.31. The minimum absolute atomic E-state index is 0.0278. The van der Waals surface area contributed by atoms with Crippen molar-refractivity contribution in [3.8, 4) is 11.5 Å². The van der Waals surface area contributed by atoms with Gasteiger partial charge in [-0.25, -0.2) is 17.8 Å². The zero-order chi connectivity index (χ0) is 24.6. The van der Waals surface area contributed by atoms with Crippen molar-refractivity contribution in [2.75, 3.05) is 50.6 Å². The van der Waals surface area contributed by atoms with Crippen molar-refractivity contribution in [3.63, 3.8) is 0 Å². The van der Waals surface area contributed by atoms with E-state index in [-0.39, 0.29) is 17.9 Å². The van der Waals surface area contributed by atoms with Crippen LogP contribution in [0.5, 0.6) is 11.5 Å². The summed E-state index contributed by atoms with van der Waals surface area (Å²) in [5.74, 6) is 0.534. The molecule has 0 aliphatic carbocycles. The number of aromatic nitrogens is 1. The number of halogens is 1. The minimum Gasteiger partial charge on any atom is -0.490 e. The summed E-state index contributed by atoms with van der Waals surface area (Å²) in [6.07, 6.45) is 4.42. The molecule has 11 heteroatoms. The predicted octanol–water partition coefficient (Wildman–Crippen LogP) is 2.56. The van der Waals surface area contributed by atoms with Gasteiger partial charge in [0.1, 0.15) is 24.2 Å². The molecule has 2 fully saturated rings. The first-order valence-electron chi connectivity index (χ1n) is 11.7. The van der Waals surface area contributed by atoms with Crippen molar-refractivity contribution < 1.29 is 31.8 Å². The van der Waals surface area contributed by atoms with E-state index < -0.39 is 20.7 Å². The van der Waals surface area contributed by atoms with Gasteiger partial charge in [-0.05, 0) is 25.0 Å². The molecule has 0 spiro atoms. The first-order valence-corrected chi connectivity index (χ1v) is 13.6. The number of benzene rings is 1. The molecule has 0 N–H and O–H groups in total. The fourth-order valence-corrected chi connectivity index (χ4v) is 5.45. The van der Waals surface area contributed by atoms with Gasteiger partial charge in [0.15, 0.2) is 20.7 Å². The zero-order valence-corrected chi connectivity index (χ0v) is 20.3. The molecule has 4 heterocycles. The number of rotatable bonds is 5. The van der Waals surface area contributed by atoms with Crippen LogP contribution in [0.1, 0.15) is 19.3 Å². The fourth-order valence-electron chi connectivity index (χ4n) is 4.79. The molecule has 2 saturated heterocycles. The number of likely N-dealkylation sites (tertiary alicyclic amines) is 1. The molecule has 1 aromatic heterocycles. The summed E-state index contributed by atoms with van der Waals surface area (Å²) in [6.45, 7) is 3.29. The quantitative estimate of drug-likeness (QED) is 0.612. The Kier molecular flexibility index (Phi) is 6.54. The van der Waals surface area contributed by atoms with Gasteiger partial charge in [0, 0.05) is 50.5 Å². The van der Waals surface area contributed by atoms with E-state index in [1.54, 1.807) is 6.07 Å². The number of hydrogen-bond donors (Lipinski definition) is 0. The van der Waals surface area contributed by atoms with Crippen LogP contribution >= 0.6 is 0 Å². The van der Waals surface area contributed by atoms with E-state index >= 15 is 0 Å². The lowest BCUT2D eigenvalue weighted by Gasteiger charge is -2.31. The molecule has 0 bridgehead atoms. The molecule has 188 valence electrons. The first-order chi connectivity index (χ1) is 16.8. The van der Waals surface area contributed by atoms with E-state index in [1.807, 2.05) is 21.9 Å². The molecular formula is C24H28FN3O6S. The van der Waals surface area contributed by atoms with Crippen LogP contribution < -0.4 is 14.4 Å². The summed E-state index contributed by atoms with van der Waals surface area (Å²) in [4.78, 5) is 20.4. The Hall–Kier alpha value is -2.92. The number of ether oxygens (including phenoxy) is 3. The highest BCUT2D eigenvalue weighted by Crippen LogP contribution is 2.40. The Morgan fingerprint density at radius 3 is 2.69 bits per heavy atom. The van der Waals surface area contributed by atoms with Gasteiger partial charge >= 0.3 is 0 Å². The monoisotopic (exact) mass is 505 g/mol. The first kappa shape index (κ1) is 23.8. The van der Waals surface area contributed by atoms with Crippen LogP contribution in [0.2, 0.25) is 0 Å². The smallest absolute Gasteiger partial charge is 0.225 e. The average Bonchev–Trinajstić information content (AvgIpc) is 3.31. The second-order valence-electron chi connectivity index (χ2n) is 9.08. The number of hydrogen-bond acceptors (Lipinski definition) is 8. The van der Waals surface area contributed by atoms with Crippen LogP contribution in [0.3, 0.4) is 0 Å². The van der Waals surface area contributed by atoms with E-state index in [9.17, 15) is 17.6 Å². The van der Waals surface area contributed by atoms with Crippen LogP contribution in [0.4, 0.5) is 15.8 Å². The Labute approximate surface area is 203 Å². The van der Waals surface area contributed by atoms with Gasteiger partial charge in [-0.2, -0.15) is 0 Å². The fraction of sp³-hybridized carbons (Fsp3) is 0.500. The lowest BCUT2D eigenvalue weighted by Crippen LogP contribution is -2.38. The largest absolute Gasteiger partial charge is 0.490 e. The third kappa shape index (κ3) is 5.06. The van der Waals surface area contributed by atoms with Gasteiger partial charge < -0.3 is 24.0 Å². The molecular weight excluding hydrogens is 477 g/mol. The van der Waals surface area contributed by atoms with Crippen molar-refractivity contribution >= 4 is 27.1 Å². The maximum absolute atomic E-state index is 14.5. The highest BCUT2D eigenvalue weighted by atomic mass is 32.2. The third-order valence-electron chi connectivity index (χ3n) is 6.58.